The molecule has 0 radical (unpaired) electrons. The largest absolute Gasteiger partial charge is 0.490 e. The Hall–Kier alpha value is -1.35. The predicted octanol–water partition coefficient (Wildman–Crippen LogP) is 3.22. The van der Waals surface area contributed by atoms with E-state index in [1.54, 1.807) is 0 Å². The van der Waals surface area contributed by atoms with Crippen LogP contribution >= 0.6 is 0 Å². The van der Waals surface area contributed by atoms with Gasteiger partial charge >= 0.3 is 0 Å². The summed E-state index contributed by atoms with van der Waals surface area (Å²) < 4.78 is 11.3. The lowest BCUT2D eigenvalue weighted by atomic mass is 10.0. The van der Waals surface area contributed by atoms with Crippen LogP contribution in [0.1, 0.15) is 44.0 Å². The molecular weight excluding hydrogens is 228 g/mol. The molecule has 1 aromatic carbocycles. The summed E-state index contributed by atoms with van der Waals surface area (Å²) in [4.78, 5) is 12.4. The standard InChI is InChI=1S/C15H20O3/c1-10(2)17-13-7-5-4-6-12(13)15(16)14-9-8-11(3)18-14/h4-7,10-11,14H,8-9H2,1-3H3. The molecule has 0 amide bonds. The van der Waals surface area contributed by atoms with Crippen LogP contribution in [-0.4, -0.2) is 24.1 Å². The fourth-order valence-corrected chi connectivity index (χ4v) is 2.20. The molecule has 98 valence electrons. The average Bonchev–Trinajstić information content (AvgIpc) is 2.75. The van der Waals surface area contributed by atoms with Crippen molar-refractivity contribution in [2.75, 3.05) is 0 Å². The molecule has 2 atom stereocenters. The molecule has 18 heavy (non-hydrogen) atoms. The van der Waals surface area contributed by atoms with Gasteiger partial charge in [-0.15, -0.1) is 0 Å². The van der Waals surface area contributed by atoms with Crippen LogP contribution < -0.4 is 4.74 Å². The van der Waals surface area contributed by atoms with Gasteiger partial charge in [0.15, 0.2) is 5.78 Å². The van der Waals surface area contributed by atoms with Gasteiger partial charge in [0, 0.05) is 0 Å². The van der Waals surface area contributed by atoms with Crippen LogP contribution in [0.3, 0.4) is 0 Å². The zero-order chi connectivity index (χ0) is 13.1. The molecule has 1 aliphatic rings. The van der Waals surface area contributed by atoms with Crippen LogP contribution in [0, 0.1) is 0 Å². The molecule has 0 bridgehead atoms. The summed E-state index contributed by atoms with van der Waals surface area (Å²) in [5, 5.41) is 0. The fourth-order valence-electron chi connectivity index (χ4n) is 2.20. The molecule has 0 N–H and O–H groups in total. The second-order valence-electron chi connectivity index (χ2n) is 5.04. The number of hydrogen-bond acceptors (Lipinski definition) is 3. The van der Waals surface area contributed by atoms with E-state index in [1.165, 1.54) is 0 Å². The maximum atomic E-state index is 12.4. The maximum Gasteiger partial charge on any atom is 0.195 e. The van der Waals surface area contributed by atoms with Gasteiger partial charge in [0.25, 0.3) is 0 Å². The van der Waals surface area contributed by atoms with E-state index in [2.05, 4.69) is 0 Å². The SMILES string of the molecule is CC(C)Oc1ccccc1C(=O)C1CCC(C)O1. The lowest BCUT2D eigenvalue weighted by Gasteiger charge is -2.16. The molecule has 1 heterocycles. The molecule has 2 unspecified atom stereocenters. The van der Waals surface area contributed by atoms with Gasteiger partial charge in [-0.25, -0.2) is 0 Å². The fraction of sp³-hybridized carbons (Fsp3) is 0.533. The number of para-hydroxylation sites is 1. The van der Waals surface area contributed by atoms with Gasteiger partial charge in [-0.2, -0.15) is 0 Å². The topological polar surface area (TPSA) is 35.5 Å². The Balaban J connectivity index is 2.19. The Labute approximate surface area is 108 Å². The lowest BCUT2D eigenvalue weighted by molar-refractivity contribution is 0.0429. The first-order valence-corrected chi connectivity index (χ1v) is 6.53. The molecule has 0 saturated carbocycles. The van der Waals surface area contributed by atoms with Crippen molar-refractivity contribution in [1.82, 2.24) is 0 Å². The van der Waals surface area contributed by atoms with Crippen LogP contribution in [0.5, 0.6) is 5.75 Å². The number of ketones is 1. The van der Waals surface area contributed by atoms with E-state index >= 15 is 0 Å². The first kappa shape index (κ1) is 13.1. The summed E-state index contributed by atoms with van der Waals surface area (Å²) in [6.07, 6.45) is 1.68. The highest BCUT2D eigenvalue weighted by atomic mass is 16.5. The minimum atomic E-state index is -0.308. The van der Waals surface area contributed by atoms with Crippen molar-refractivity contribution < 1.29 is 14.3 Å². The van der Waals surface area contributed by atoms with Crippen molar-refractivity contribution >= 4 is 5.78 Å². The first-order valence-electron chi connectivity index (χ1n) is 6.53. The van der Waals surface area contributed by atoms with Crippen molar-refractivity contribution in [1.29, 1.82) is 0 Å². The Bertz CT molecular complexity index is 426. The molecule has 0 spiro atoms. The van der Waals surface area contributed by atoms with Crippen LogP contribution in [0.25, 0.3) is 0 Å². The van der Waals surface area contributed by atoms with Gasteiger partial charge in [-0.05, 0) is 45.7 Å². The molecule has 1 saturated heterocycles. The number of ether oxygens (including phenoxy) is 2. The summed E-state index contributed by atoms with van der Waals surface area (Å²) in [5.41, 5.74) is 0.630. The molecular formula is C15H20O3. The van der Waals surface area contributed by atoms with E-state index in [9.17, 15) is 4.79 Å². The summed E-state index contributed by atoms with van der Waals surface area (Å²) >= 11 is 0. The molecule has 0 aliphatic carbocycles. The summed E-state index contributed by atoms with van der Waals surface area (Å²) in [5.74, 6) is 0.691. The van der Waals surface area contributed by atoms with Gasteiger partial charge in [0.2, 0.25) is 0 Å². The monoisotopic (exact) mass is 248 g/mol. The number of carbonyl (C=O) groups excluding carboxylic acids is 1. The van der Waals surface area contributed by atoms with Gasteiger partial charge in [0.1, 0.15) is 11.9 Å². The minimum Gasteiger partial charge on any atom is -0.490 e. The van der Waals surface area contributed by atoms with Crippen molar-refractivity contribution in [3.8, 4) is 5.75 Å². The Kier molecular flexibility index (Phi) is 4.02. The molecule has 0 aromatic heterocycles. The van der Waals surface area contributed by atoms with E-state index in [1.807, 2.05) is 45.0 Å². The zero-order valence-electron chi connectivity index (χ0n) is 11.2. The number of benzene rings is 1. The Morgan fingerprint density at radius 3 is 2.67 bits per heavy atom. The molecule has 3 heteroatoms. The van der Waals surface area contributed by atoms with E-state index < -0.39 is 0 Å². The van der Waals surface area contributed by atoms with Gasteiger partial charge in [0.05, 0.1) is 17.8 Å². The van der Waals surface area contributed by atoms with Crippen molar-refractivity contribution in [3.63, 3.8) is 0 Å². The van der Waals surface area contributed by atoms with Gasteiger partial charge < -0.3 is 9.47 Å². The van der Waals surface area contributed by atoms with E-state index in [0.29, 0.717) is 11.3 Å². The van der Waals surface area contributed by atoms with Crippen LogP contribution in [0.4, 0.5) is 0 Å². The lowest BCUT2D eigenvalue weighted by Crippen LogP contribution is -2.22. The first-order chi connectivity index (χ1) is 8.58. The zero-order valence-corrected chi connectivity index (χ0v) is 11.2. The maximum absolute atomic E-state index is 12.4. The second-order valence-corrected chi connectivity index (χ2v) is 5.04. The van der Waals surface area contributed by atoms with Crippen LogP contribution in [0.2, 0.25) is 0 Å². The smallest absolute Gasteiger partial charge is 0.195 e. The third-order valence-electron chi connectivity index (χ3n) is 3.04. The third-order valence-corrected chi connectivity index (χ3v) is 3.04. The number of carbonyl (C=O) groups is 1. The highest BCUT2D eigenvalue weighted by Crippen LogP contribution is 2.27. The molecule has 1 aromatic rings. The van der Waals surface area contributed by atoms with Crippen molar-refractivity contribution in [3.05, 3.63) is 29.8 Å². The highest BCUT2D eigenvalue weighted by molar-refractivity contribution is 6.02. The number of rotatable bonds is 4. The quantitative estimate of drug-likeness (QED) is 0.767. The summed E-state index contributed by atoms with van der Waals surface area (Å²) in [7, 11) is 0. The van der Waals surface area contributed by atoms with Gasteiger partial charge in [-0.1, -0.05) is 12.1 Å². The van der Waals surface area contributed by atoms with Crippen molar-refractivity contribution in [2.24, 2.45) is 0 Å². The molecule has 1 fully saturated rings. The summed E-state index contributed by atoms with van der Waals surface area (Å²) in [6.45, 7) is 5.91. The van der Waals surface area contributed by atoms with Crippen LogP contribution in [0.15, 0.2) is 24.3 Å². The highest BCUT2D eigenvalue weighted by Gasteiger charge is 2.30. The van der Waals surface area contributed by atoms with E-state index in [0.717, 1.165) is 12.8 Å². The third kappa shape index (κ3) is 2.91. The number of Topliss-reactive ketones (excluding diaryl/α,β-unsaturated/α-hetero) is 1. The number of hydrogen-bond donors (Lipinski definition) is 0. The predicted molar refractivity (Wildman–Crippen MR) is 70.1 cm³/mol. The van der Waals surface area contributed by atoms with Crippen molar-refractivity contribution in [2.45, 2.75) is 51.9 Å². The Morgan fingerprint density at radius 2 is 2.06 bits per heavy atom. The molecule has 2 rings (SSSR count). The van der Waals surface area contributed by atoms with Gasteiger partial charge in [-0.3, -0.25) is 4.79 Å². The normalized spacial score (nSPS) is 23.3. The van der Waals surface area contributed by atoms with E-state index in [-0.39, 0.29) is 24.1 Å². The minimum absolute atomic E-state index is 0.0376. The van der Waals surface area contributed by atoms with E-state index in [4.69, 9.17) is 9.47 Å². The summed E-state index contributed by atoms with van der Waals surface area (Å²) in [6, 6.07) is 7.39. The second kappa shape index (κ2) is 5.53. The Morgan fingerprint density at radius 1 is 1.33 bits per heavy atom. The molecule has 3 nitrogen and oxygen atoms in total. The average molecular weight is 248 g/mol. The van der Waals surface area contributed by atoms with Crippen LogP contribution in [-0.2, 0) is 4.74 Å². The molecule has 1 aliphatic heterocycles.